The number of nitrogens with zero attached hydrogens (tertiary/aromatic N) is 1. The van der Waals surface area contributed by atoms with Crippen LogP contribution >= 0.6 is 12.4 Å². The first-order valence-electron chi connectivity index (χ1n) is 12.9. The van der Waals surface area contributed by atoms with E-state index >= 15 is 0 Å². The lowest BCUT2D eigenvalue weighted by Gasteiger charge is -2.69. The van der Waals surface area contributed by atoms with E-state index in [1.807, 2.05) is 0 Å². The lowest BCUT2D eigenvalue weighted by atomic mass is 9.37. The minimum absolute atomic E-state index is 0. The highest BCUT2D eigenvalue weighted by Gasteiger charge is 2.69. The Morgan fingerprint density at radius 1 is 0.935 bits per heavy atom. The fourth-order valence-corrected chi connectivity index (χ4v) is 10.0. The van der Waals surface area contributed by atoms with Gasteiger partial charge in [-0.25, -0.2) is 0 Å². The number of hydrogen-bond donors (Lipinski definition) is 0. The van der Waals surface area contributed by atoms with Crippen molar-refractivity contribution in [2.24, 2.45) is 34.5 Å². The van der Waals surface area contributed by atoms with Crippen LogP contribution in [0, 0.1) is 34.5 Å². The fourth-order valence-electron chi connectivity index (χ4n) is 10.0. The number of benzene rings is 1. The molecule has 4 bridgehead atoms. The monoisotopic (exact) mass is 443 g/mol. The summed E-state index contributed by atoms with van der Waals surface area (Å²) in [6, 6.07) is 11.5. The molecular formula is C28H42ClNO. The molecule has 6 fully saturated rings. The molecule has 0 aromatic heterocycles. The molecule has 0 N–H and O–H groups in total. The molecular weight excluding hydrogens is 402 g/mol. The van der Waals surface area contributed by atoms with Crippen molar-refractivity contribution in [3.05, 3.63) is 35.9 Å². The van der Waals surface area contributed by atoms with Gasteiger partial charge in [-0.05, 0) is 101 Å². The highest BCUT2D eigenvalue weighted by atomic mass is 35.5. The summed E-state index contributed by atoms with van der Waals surface area (Å²) in [6.45, 7) is 2.10. The van der Waals surface area contributed by atoms with Crippen molar-refractivity contribution in [2.75, 3.05) is 27.2 Å². The SMILES string of the molecule is CN(C)CC1CCOC1(c1ccccc1)C12CC3CC(CC(C4CCCC4)(C3)C1)C2.Cl. The highest BCUT2D eigenvalue weighted by molar-refractivity contribution is 5.85. The fraction of sp³-hybridized carbons (Fsp3) is 0.786. The second-order valence-corrected chi connectivity index (χ2v) is 12.3. The van der Waals surface area contributed by atoms with Crippen LogP contribution in [0.15, 0.2) is 30.3 Å². The van der Waals surface area contributed by atoms with Crippen molar-refractivity contribution >= 4 is 12.4 Å². The molecule has 1 heterocycles. The quantitative estimate of drug-likeness (QED) is 0.503. The number of rotatable bonds is 5. The van der Waals surface area contributed by atoms with Gasteiger partial charge >= 0.3 is 0 Å². The van der Waals surface area contributed by atoms with Crippen molar-refractivity contribution in [3.8, 4) is 0 Å². The third kappa shape index (κ3) is 3.26. The first kappa shape index (κ1) is 22.2. The Hall–Kier alpha value is -0.570. The van der Waals surface area contributed by atoms with Crippen molar-refractivity contribution in [2.45, 2.75) is 76.2 Å². The first-order chi connectivity index (χ1) is 14.6. The first-order valence-corrected chi connectivity index (χ1v) is 12.9. The zero-order valence-corrected chi connectivity index (χ0v) is 20.5. The molecule has 0 amide bonds. The molecule has 3 heteroatoms. The van der Waals surface area contributed by atoms with Crippen molar-refractivity contribution in [1.82, 2.24) is 4.90 Å². The molecule has 5 saturated carbocycles. The summed E-state index contributed by atoms with van der Waals surface area (Å²) in [5.74, 6) is 3.53. The minimum atomic E-state index is -0.0693. The smallest absolute Gasteiger partial charge is 0.103 e. The summed E-state index contributed by atoms with van der Waals surface area (Å²) >= 11 is 0. The molecule has 2 nitrogen and oxygen atoms in total. The standard InChI is InChI=1S/C28H41NO.ClH/c1-29(2)19-25-12-13-30-28(25,24-10-4-3-5-11-24)27-17-21-14-22(18-27)16-26(15-21,20-27)23-8-6-7-9-23;/h3-5,10-11,21-23,25H,6-9,12-20H2,1-2H3;1H. The zero-order valence-electron chi connectivity index (χ0n) is 19.7. The Labute approximate surface area is 195 Å². The molecule has 4 unspecified atom stereocenters. The van der Waals surface area contributed by atoms with Crippen LogP contribution in [-0.2, 0) is 10.3 Å². The molecule has 0 spiro atoms. The van der Waals surface area contributed by atoms with E-state index in [0.29, 0.717) is 16.7 Å². The van der Waals surface area contributed by atoms with E-state index in [2.05, 4.69) is 49.3 Å². The van der Waals surface area contributed by atoms with E-state index in [4.69, 9.17) is 4.74 Å². The maximum Gasteiger partial charge on any atom is 0.103 e. The van der Waals surface area contributed by atoms with Crippen LogP contribution < -0.4 is 0 Å². The molecule has 6 aliphatic rings. The number of halogens is 1. The van der Waals surface area contributed by atoms with Crippen LogP contribution in [0.4, 0.5) is 0 Å². The summed E-state index contributed by atoms with van der Waals surface area (Å²) in [5.41, 5.74) is 2.42. The van der Waals surface area contributed by atoms with Crippen LogP contribution in [-0.4, -0.2) is 32.1 Å². The second-order valence-electron chi connectivity index (χ2n) is 12.3. The summed E-state index contributed by atoms with van der Waals surface area (Å²) in [6.07, 6.45) is 16.1. The molecule has 1 saturated heterocycles. The topological polar surface area (TPSA) is 12.5 Å². The van der Waals surface area contributed by atoms with Crippen molar-refractivity contribution in [1.29, 1.82) is 0 Å². The molecule has 4 atom stereocenters. The van der Waals surface area contributed by atoms with Gasteiger partial charge in [-0.3, -0.25) is 0 Å². The largest absolute Gasteiger partial charge is 0.369 e. The van der Waals surface area contributed by atoms with E-state index in [-0.39, 0.29) is 18.0 Å². The lowest BCUT2D eigenvalue weighted by molar-refractivity contribution is -0.239. The van der Waals surface area contributed by atoms with Crippen LogP contribution in [0.1, 0.15) is 76.2 Å². The van der Waals surface area contributed by atoms with Gasteiger partial charge in [0.05, 0.1) is 0 Å². The third-order valence-corrected chi connectivity index (χ3v) is 10.3. The van der Waals surface area contributed by atoms with E-state index in [1.165, 1.54) is 63.4 Å². The Morgan fingerprint density at radius 3 is 2.26 bits per heavy atom. The normalized spacial score (nSPS) is 44.2. The van der Waals surface area contributed by atoms with Gasteiger partial charge in [0.1, 0.15) is 5.60 Å². The number of hydrogen-bond acceptors (Lipinski definition) is 2. The predicted octanol–water partition coefficient (Wildman–Crippen LogP) is 6.68. The van der Waals surface area contributed by atoms with Gasteiger partial charge < -0.3 is 9.64 Å². The average Bonchev–Trinajstić information content (AvgIpc) is 3.38. The van der Waals surface area contributed by atoms with Crippen LogP contribution in [0.5, 0.6) is 0 Å². The predicted molar refractivity (Wildman–Crippen MR) is 129 cm³/mol. The maximum absolute atomic E-state index is 7.11. The summed E-state index contributed by atoms with van der Waals surface area (Å²) in [5, 5.41) is 0. The van der Waals surface area contributed by atoms with Gasteiger partial charge in [0.2, 0.25) is 0 Å². The molecule has 5 aliphatic carbocycles. The van der Waals surface area contributed by atoms with Crippen LogP contribution in [0.25, 0.3) is 0 Å². The Balaban J connectivity index is 0.00000204. The van der Waals surface area contributed by atoms with E-state index in [9.17, 15) is 0 Å². The van der Waals surface area contributed by atoms with Gasteiger partial charge in [0.15, 0.2) is 0 Å². The van der Waals surface area contributed by atoms with Gasteiger partial charge in [-0.2, -0.15) is 0 Å². The molecule has 7 rings (SSSR count). The molecule has 1 aliphatic heterocycles. The Bertz CT molecular complexity index is 758. The van der Waals surface area contributed by atoms with Crippen LogP contribution in [0.2, 0.25) is 0 Å². The Morgan fingerprint density at radius 2 is 1.61 bits per heavy atom. The van der Waals surface area contributed by atoms with Crippen LogP contribution in [0.3, 0.4) is 0 Å². The third-order valence-electron chi connectivity index (χ3n) is 10.3. The van der Waals surface area contributed by atoms with Gasteiger partial charge in [0.25, 0.3) is 0 Å². The van der Waals surface area contributed by atoms with Gasteiger partial charge in [-0.1, -0.05) is 43.2 Å². The highest BCUT2D eigenvalue weighted by Crippen LogP contribution is 2.75. The second kappa shape index (κ2) is 8.03. The molecule has 172 valence electrons. The summed E-state index contributed by atoms with van der Waals surface area (Å²) < 4.78 is 7.11. The average molecular weight is 444 g/mol. The minimum Gasteiger partial charge on any atom is -0.369 e. The summed E-state index contributed by atoms with van der Waals surface area (Å²) in [4.78, 5) is 2.42. The van der Waals surface area contributed by atoms with E-state index < -0.39 is 0 Å². The van der Waals surface area contributed by atoms with Gasteiger partial charge in [0, 0.05) is 24.5 Å². The molecule has 0 radical (unpaired) electrons. The molecule has 31 heavy (non-hydrogen) atoms. The summed E-state index contributed by atoms with van der Waals surface area (Å²) in [7, 11) is 4.52. The van der Waals surface area contributed by atoms with E-state index in [1.54, 1.807) is 12.8 Å². The molecule has 1 aromatic rings. The maximum atomic E-state index is 7.11. The van der Waals surface area contributed by atoms with Crippen molar-refractivity contribution in [3.63, 3.8) is 0 Å². The lowest BCUT2D eigenvalue weighted by Crippen LogP contribution is -2.63. The zero-order chi connectivity index (χ0) is 20.4. The van der Waals surface area contributed by atoms with E-state index in [0.717, 1.165) is 30.9 Å². The van der Waals surface area contributed by atoms with Crippen molar-refractivity contribution < 1.29 is 4.74 Å². The Kier molecular flexibility index (Phi) is 5.76. The number of ether oxygens (including phenoxy) is 1. The molecule has 1 aromatic carbocycles. The van der Waals surface area contributed by atoms with Gasteiger partial charge in [-0.15, -0.1) is 12.4 Å².